The standard InChI is InChI=1S/C15H25Cl2NS/c16-8-3-9-18-12-4-1-2-5-14(12)19-15-7-6-11(17)10-13(15)18/h11-15H,1-10H2. The molecule has 3 fully saturated rings. The average Bonchev–Trinajstić information content (AvgIpc) is 2.44. The fourth-order valence-electron chi connectivity index (χ4n) is 4.24. The molecule has 2 aliphatic carbocycles. The van der Waals surface area contributed by atoms with Gasteiger partial charge in [-0.15, -0.1) is 23.2 Å². The molecule has 2 saturated carbocycles. The normalized spacial score (nSPS) is 43.6. The van der Waals surface area contributed by atoms with E-state index in [1.807, 2.05) is 0 Å². The van der Waals surface area contributed by atoms with E-state index in [4.69, 9.17) is 23.2 Å². The van der Waals surface area contributed by atoms with E-state index >= 15 is 0 Å². The summed E-state index contributed by atoms with van der Waals surface area (Å²) in [5.74, 6) is 0.794. The highest BCUT2D eigenvalue weighted by Gasteiger charge is 2.45. The van der Waals surface area contributed by atoms with Crippen molar-refractivity contribution in [1.82, 2.24) is 4.90 Å². The SMILES string of the molecule is ClCCCN1C2CCCCC2SC2CCC(Cl)CC21. The quantitative estimate of drug-likeness (QED) is 0.704. The number of nitrogens with zero attached hydrogens (tertiary/aromatic N) is 1. The maximum Gasteiger partial charge on any atom is 0.0351 e. The van der Waals surface area contributed by atoms with Crippen molar-refractivity contribution in [2.24, 2.45) is 0 Å². The van der Waals surface area contributed by atoms with E-state index in [0.717, 1.165) is 34.9 Å². The van der Waals surface area contributed by atoms with Crippen LogP contribution < -0.4 is 0 Å². The molecule has 1 heterocycles. The summed E-state index contributed by atoms with van der Waals surface area (Å²) in [6.45, 7) is 1.19. The van der Waals surface area contributed by atoms with E-state index in [1.165, 1.54) is 51.5 Å². The average molecular weight is 322 g/mol. The molecule has 0 aromatic heterocycles. The minimum Gasteiger partial charge on any atom is -0.295 e. The maximum absolute atomic E-state index is 6.45. The van der Waals surface area contributed by atoms with Gasteiger partial charge in [-0.1, -0.05) is 12.8 Å². The molecule has 19 heavy (non-hydrogen) atoms. The van der Waals surface area contributed by atoms with Gasteiger partial charge in [-0.25, -0.2) is 0 Å². The van der Waals surface area contributed by atoms with Gasteiger partial charge in [-0.3, -0.25) is 4.90 Å². The highest BCUT2D eigenvalue weighted by molar-refractivity contribution is 8.00. The van der Waals surface area contributed by atoms with Crippen LogP contribution in [0.1, 0.15) is 51.4 Å². The molecule has 0 aromatic carbocycles. The lowest BCUT2D eigenvalue weighted by molar-refractivity contribution is 0.0787. The number of rotatable bonds is 3. The molecule has 5 unspecified atom stereocenters. The Kier molecular flexibility index (Phi) is 5.28. The fourth-order valence-corrected chi connectivity index (χ4v) is 6.61. The second-order valence-electron chi connectivity index (χ2n) is 6.32. The van der Waals surface area contributed by atoms with Crippen molar-refractivity contribution in [2.45, 2.75) is 79.3 Å². The molecule has 0 spiro atoms. The monoisotopic (exact) mass is 321 g/mol. The van der Waals surface area contributed by atoms with E-state index in [9.17, 15) is 0 Å². The molecule has 3 aliphatic rings. The third-order valence-corrected chi connectivity index (χ3v) is 7.57. The van der Waals surface area contributed by atoms with Gasteiger partial charge in [0.15, 0.2) is 0 Å². The van der Waals surface area contributed by atoms with Gasteiger partial charge in [0.05, 0.1) is 0 Å². The van der Waals surface area contributed by atoms with Crippen molar-refractivity contribution in [3.05, 3.63) is 0 Å². The Balaban J connectivity index is 1.75. The highest BCUT2D eigenvalue weighted by atomic mass is 35.5. The fraction of sp³-hybridized carbons (Fsp3) is 1.00. The molecule has 3 rings (SSSR count). The predicted octanol–water partition coefficient (Wildman–Crippen LogP) is 4.50. The lowest BCUT2D eigenvalue weighted by Gasteiger charge is -2.54. The van der Waals surface area contributed by atoms with Crippen LogP contribution in [0.2, 0.25) is 0 Å². The third-order valence-electron chi connectivity index (χ3n) is 5.11. The van der Waals surface area contributed by atoms with Gasteiger partial charge < -0.3 is 0 Å². The third kappa shape index (κ3) is 3.22. The molecule has 5 atom stereocenters. The summed E-state index contributed by atoms with van der Waals surface area (Å²) in [7, 11) is 0. The summed E-state index contributed by atoms with van der Waals surface area (Å²) in [4.78, 5) is 2.82. The van der Waals surface area contributed by atoms with Crippen LogP contribution >= 0.6 is 35.0 Å². The van der Waals surface area contributed by atoms with Gasteiger partial charge in [-0.2, -0.15) is 11.8 Å². The van der Waals surface area contributed by atoms with E-state index in [-0.39, 0.29) is 0 Å². The summed E-state index contributed by atoms with van der Waals surface area (Å²) in [5.41, 5.74) is 0. The second-order valence-corrected chi connectivity index (χ2v) is 8.80. The topological polar surface area (TPSA) is 3.24 Å². The minimum atomic E-state index is 0.403. The maximum atomic E-state index is 6.45. The zero-order chi connectivity index (χ0) is 13.2. The Morgan fingerprint density at radius 3 is 2.63 bits per heavy atom. The van der Waals surface area contributed by atoms with Crippen LogP contribution in [0.3, 0.4) is 0 Å². The molecule has 1 saturated heterocycles. The molecule has 110 valence electrons. The van der Waals surface area contributed by atoms with Crippen LogP contribution in [-0.2, 0) is 0 Å². The van der Waals surface area contributed by atoms with Crippen molar-refractivity contribution in [3.8, 4) is 0 Å². The highest BCUT2D eigenvalue weighted by Crippen LogP contribution is 2.47. The van der Waals surface area contributed by atoms with Crippen molar-refractivity contribution in [3.63, 3.8) is 0 Å². The smallest absolute Gasteiger partial charge is 0.0351 e. The van der Waals surface area contributed by atoms with E-state index < -0.39 is 0 Å². The number of halogens is 2. The largest absolute Gasteiger partial charge is 0.295 e. The van der Waals surface area contributed by atoms with Crippen LogP contribution in [0, 0.1) is 0 Å². The Morgan fingerprint density at radius 1 is 1.00 bits per heavy atom. The van der Waals surface area contributed by atoms with Gasteiger partial charge in [0.2, 0.25) is 0 Å². The zero-order valence-electron chi connectivity index (χ0n) is 11.6. The second kappa shape index (κ2) is 6.77. The molecule has 4 heteroatoms. The summed E-state index contributed by atoms with van der Waals surface area (Å²) < 4.78 is 0. The van der Waals surface area contributed by atoms with Gasteiger partial charge in [0, 0.05) is 33.8 Å². The number of fused-ring (bicyclic) bond motifs is 2. The number of alkyl halides is 2. The van der Waals surface area contributed by atoms with Gasteiger partial charge in [-0.05, 0) is 45.1 Å². The van der Waals surface area contributed by atoms with Crippen molar-refractivity contribution in [2.75, 3.05) is 12.4 Å². The van der Waals surface area contributed by atoms with Crippen LogP contribution in [0.15, 0.2) is 0 Å². The summed E-state index contributed by atoms with van der Waals surface area (Å²) >= 11 is 14.7. The van der Waals surface area contributed by atoms with Crippen molar-refractivity contribution in [1.29, 1.82) is 0 Å². The molecule has 0 bridgehead atoms. The van der Waals surface area contributed by atoms with Crippen LogP contribution in [0.25, 0.3) is 0 Å². The first-order valence-electron chi connectivity index (χ1n) is 7.91. The Bertz CT molecular complexity index is 302. The molecule has 1 aliphatic heterocycles. The molecular weight excluding hydrogens is 297 g/mol. The van der Waals surface area contributed by atoms with Gasteiger partial charge in [0.1, 0.15) is 0 Å². The lowest BCUT2D eigenvalue weighted by atomic mass is 9.87. The first-order valence-corrected chi connectivity index (χ1v) is 9.82. The van der Waals surface area contributed by atoms with E-state index in [0.29, 0.717) is 5.38 Å². The molecule has 0 radical (unpaired) electrons. The lowest BCUT2D eigenvalue weighted by Crippen LogP contribution is -2.59. The van der Waals surface area contributed by atoms with Gasteiger partial charge >= 0.3 is 0 Å². The molecule has 0 amide bonds. The van der Waals surface area contributed by atoms with Crippen LogP contribution in [0.5, 0.6) is 0 Å². The summed E-state index contributed by atoms with van der Waals surface area (Å²) in [6, 6.07) is 1.54. The van der Waals surface area contributed by atoms with Crippen LogP contribution in [-0.4, -0.2) is 45.3 Å². The number of hydrogen-bond donors (Lipinski definition) is 0. The molecule has 0 aromatic rings. The Hall–Kier alpha value is 0.890. The molecular formula is C15H25Cl2NS. The van der Waals surface area contributed by atoms with Crippen LogP contribution in [0.4, 0.5) is 0 Å². The van der Waals surface area contributed by atoms with Crippen molar-refractivity contribution < 1.29 is 0 Å². The Labute approximate surface area is 131 Å². The Morgan fingerprint density at radius 2 is 1.79 bits per heavy atom. The van der Waals surface area contributed by atoms with E-state index in [2.05, 4.69) is 16.7 Å². The van der Waals surface area contributed by atoms with Gasteiger partial charge in [0.25, 0.3) is 0 Å². The summed E-state index contributed by atoms with van der Waals surface area (Å²) in [6.07, 6.45) is 10.6. The number of hydrogen-bond acceptors (Lipinski definition) is 2. The molecule has 1 nitrogen and oxygen atoms in total. The van der Waals surface area contributed by atoms with Crippen molar-refractivity contribution >= 4 is 35.0 Å². The molecule has 0 N–H and O–H groups in total. The zero-order valence-corrected chi connectivity index (χ0v) is 13.9. The predicted molar refractivity (Wildman–Crippen MR) is 86.7 cm³/mol. The first-order chi connectivity index (χ1) is 9.29. The summed E-state index contributed by atoms with van der Waals surface area (Å²) in [5, 5.41) is 2.13. The first kappa shape index (κ1) is 14.8. The number of thioether (sulfide) groups is 1. The van der Waals surface area contributed by atoms with E-state index in [1.54, 1.807) is 0 Å². The minimum absolute atomic E-state index is 0.403.